The lowest BCUT2D eigenvalue weighted by molar-refractivity contribution is 0.0696. The second-order valence-electron chi connectivity index (χ2n) is 6.67. The van der Waals surface area contributed by atoms with Crippen molar-refractivity contribution in [1.29, 1.82) is 0 Å². The van der Waals surface area contributed by atoms with Crippen molar-refractivity contribution in [2.75, 3.05) is 19.6 Å². The predicted molar refractivity (Wildman–Crippen MR) is 100 cm³/mol. The van der Waals surface area contributed by atoms with Crippen LogP contribution in [-0.4, -0.2) is 44.0 Å². The quantitative estimate of drug-likeness (QED) is 0.752. The van der Waals surface area contributed by atoms with Gasteiger partial charge in [0.1, 0.15) is 5.76 Å². The van der Waals surface area contributed by atoms with Crippen LogP contribution in [0.4, 0.5) is 0 Å². The van der Waals surface area contributed by atoms with E-state index in [-0.39, 0.29) is 23.0 Å². The highest BCUT2D eigenvalue weighted by molar-refractivity contribution is 7.89. The highest BCUT2D eigenvalue weighted by Gasteiger charge is 2.26. The molecule has 1 atom stereocenters. The molecule has 0 aliphatic carbocycles. The van der Waals surface area contributed by atoms with E-state index in [0.29, 0.717) is 0 Å². The number of hydrogen-bond donors (Lipinski definition) is 2. The number of likely N-dealkylation sites (tertiary alicyclic amines) is 1. The summed E-state index contributed by atoms with van der Waals surface area (Å²) in [7, 11) is -3.83. The van der Waals surface area contributed by atoms with Gasteiger partial charge in [0.25, 0.3) is 0 Å². The van der Waals surface area contributed by atoms with E-state index in [1.54, 1.807) is 12.3 Å². The van der Waals surface area contributed by atoms with Gasteiger partial charge in [-0.3, -0.25) is 4.90 Å². The van der Waals surface area contributed by atoms with Crippen molar-refractivity contribution in [3.63, 3.8) is 0 Å². The minimum Gasteiger partial charge on any atom is -0.478 e. The first-order valence-electron chi connectivity index (χ1n) is 9.08. The van der Waals surface area contributed by atoms with Crippen molar-refractivity contribution in [2.24, 2.45) is 0 Å². The summed E-state index contributed by atoms with van der Waals surface area (Å²) < 4.78 is 33.5. The lowest BCUT2D eigenvalue weighted by Gasteiger charge is -2.29. The summed E-state index contributed by atoms with van der Waals surface area (Å²) in [5.74, 6) is -0.441. The first-order chi connectivity index (χ1) is 13.0. The van der Waals surface area contributed by atoms with E-state index < -0.39 is 16.0 Å². The Bertz CT molecular complexity index is 856. The van der Waals surface area contributed by atoms with Gasteiger partial charge in [-0.15, -0.1) is 0 Å². The number of furan rings is 1. The number of carboxylic acids is 1. The molecule has 0 radical (unpaired) electrons. The second kappa shape index (κ2) is 8.69. The molecule has 2 heterocycles. The van der Waals surface area contributed by atoms with Gasteiger partial charge in [0, 0.05) is 6.54 Å². The van der Waals surface area contributed by atoms with Crippen LogP contribution in [-0.2, 0) is 10.0 Å². The minimum absolute atomic E-state index is 0.0588. The average Bonchev–Trinajstić information content (AvgIpc) is 3.05. The standard InChI is InChI=1S/C19H24N2O5S/c22-19(23)15-7-5-8-16(13-15)27(24,25)20-14-17(18-9-6-12-26-18)21-10-3-1-2-4-11-21/h5-9,12-13,17,20H,1-4,10-11,14H2,(H,22,23). The fourth-order valence-electron chi connectivity index (χ4n) is 3.37. The summed E-state index contributed by atoms with van der Waals surface area (Å²) in [6, 6.07) is 8.80. The molecule has 1 aromatic heterocycles. The highest BCUT2D eigenvalue weighted by atomic mass is 32.2. The smallest absolute Gasteiger partial charge is 0.335 e. The molecular formula is C19H24N2O5S. The van der Waals surface area contributed by atoms with Crippen LogP contribution in [0.1, 0.15) is 47.8 Å². The minimum atomic E-state index is -3.83. The molecule has 2 N–H and O–H groups in total. The Morgan fingerprint density at radius 3 is 2.52 bits per heavy atom. The van der Waals surface area contributed by atoms with Crippen LogP contribution < -0.4 is 4.72 Å². The number of nitrogens with zero attached hydrogens (tertiary/aromatic N) is 1. The van der Waals surface area contributed by atoms with Gasteiger partial charge >= 0.3 is 5.97 Å². The number of sulfonamides is 1. The van der Waals surface area contributed by atoms with E-state index in [1.807, 2.05) is 6.07 Å². The van der Waals surface area contributed by atoms with E-state index in [4.69, 9.17) is 9.52 Å². The molecule has 1 unspecified atom stereocenters. The van der Waals surface area contributed by atoms with E-state index in [0.717, 1.165) is 31.7 Å². The molecule has 1 fully saturated rings. The highest BCUT2D eigenvalue weighted by Crippen LogP contribution is 2.25. The fourth-order valence-corrected chi connectivity index (χ4v) is 4.45. The van der Waals surface area contributed by atoms with E-state index in [2.05, 4.69) is 9.62 Å². The average molecular weight is 392 g/mol. The summed E-state index contributed by atoms with van der Waals surface area (Å²) in [6.07, 6.45) is 6.09. The zero-order chi connectivity index (χ0) is 19.3. The Labute approximate surface area is 159 Å². The maximum atomic E-state index is 12.7. The Morgan fingerprint density at radius 2 is 1.89 bits per heavy atom. The van der Waals surface area contributed by atoms with Gasteiger partial charge in [-0.05, 0) is 56.3 Å². The Kier molecular flexibility index (Phi) is 6.30. The molecule has 0 bridgehead atoms. The summed E-state index contributed by atoms with van der Waals surface area (Å²) in [5, 5.41) is 9.08. The molecule has 1 aliphatic rings. The van der Waals surface area contributed by atoms with Gasteiger partial charge in [-0.2, -0.15) is 0 Å². The fraction of sp³-hybridized carbons (Fsp3) is 0.421. The van der Waals surface area contributed by atoms with Gasteiger partial charge in [0.15, 0.2) is 0 Å². The molecule has 1 saturated heterocycles. The zero-order valence-corrected chi connectivity index (χ0v) is 15.8. The summed E-state index contributed by atoms with van der Waals surface area (Å²) in [4.78, 5) is 13.3. The van der Waals surface area contributed by atoms with Crippen molar-refractivity contribution in [3.8, 4) is 0 Å². The summed E-state index contributed by atoms with van der Waals surface area (Å²) in [5.41, 5.74) is -0.0621. The lowest BCUT2D eigenvalue weighted by atomic mass is 10.2. The molecule has 27 heavy (non-hydrogen) atoms. The van der Waals surface area contributed by atoms with Crippen molar-refractivity contribution < 1.29 is 22.7 Å². The number of hydrogen-bond acceptors (Lipinski definition) is 5. The predicted octanol–water partition coefficient (Wildman–Crippen LogP) is 2.87. The summed E-state index contributed by atoms with van der Waals surface area (Å²) >= 11 is 0. The molecule has 8 heteroatoms. The molecule has 2 aromatic rings. The van der Waals surface area contributed by atoms with Gasteiger partial charge < -0.3 is 9.52 Å². The Morgan fingerprint density at radius 1 is 1.15 bits per heavy atom. The molecule has 1 aromatic carbocycles. The SMILES string of the molecule is O=C(O)c1cccc(S(=O)(=O)NCC(c2ccco2)N2CCCCCC2)c1. The molecule has 3 rings (SSSR count). The zero-order valence-electron chi connectivity index (χ0n) is 15.0. The van der Waals surface area contributed by atoms with Crippen LogP contribution in [0.15, 0.2) is 52.0 Å². The van der Waals surface area contributed by atoms with Crippen LogP contribution in [0.3, 0.4) is 0 Å². The summed E-state index contributed by atoms with van der Waals surface area (Å²) in [6.45, 7) is 1.94. The molecule has 7 nitrogen and oxygen atoms in total. The lowest BCUT2D eigenvalue weighted by Crippen LogP contribution is -2.38. The molecule has 146 valence electrons. The maximum Gasteiger partial charge on any atom is 0.335 e. The third-order valence-corrected chi connectivity index (χ3v) is 6.23. The van der Waals surface area contributed by atoms with Crippen LogP contribution in [0.25, 0.3) is 0 Å². The van der Waals surface area contributed by atoms with Gasteiger partial charge in [0.05, 0.1) is 22.8 Å². The first kappa shape index (κ1) is 19.6. The van der Waals surface area contributed by atoms with Crippen LogP contribution >= 0.6 is 0 Å². The van der Waals surface area contributed by atoms with Crippen molar-refractivity contribution in [2.45, 2.75) is 36.6 Å². The molecule has 0 saturated carbocycles. The molecule has 0 spiro atoms. The monoisotopic (exact) mass is 392 g/mol. The number of carbonyl (C=O) groups is 1. The van der Waals surface area contributed by atoms with Crippen molar-refractivity contribution in [3.05, 3.63) is 54.0 Å². The van der Waals surface area contributed by atoms with E-state index >= 15 is 0 Å². The van der Waals surface area contributed by atoms with Crippen LogP contribution in [0.5, 0.6) is 0 Å². The second-order valence-corrected chi connectivity index (χ2v) is 8.43. The largest absolute Gasteiger partial charge is 0.478 e. The first-order valence-corrected chi connectivity index (χ1v) is 10.6. The van der Waals surface area contributed by atoms with Crippen molar-refractivity contribution in [1.82, 2.24) is 9.62 Å². The van der Waals surface area contributed by atoms with Gasteiger partial charge in [-0.25, -0.2) is 17.9 Å². The Balaban J connectivity index is 1.78. The van der Waals surface area contributed by atoms with Crippen molar-refractivity contribution >= 4 is 16.0 Å². The number of nitrogens with one attached hydrogen (secondary N) is 1. The van der Waals surface area contributed by atoms with E-state index in [1.165, 1.54) is 37.1 Å². The number of rotatable bonds is 7. The third-order valence-electron chi connectivity index (χ3n) is 4.81. The topological polar surface area (TPSA) is 99.8 Å². The molecule has 1 aliphatic heterocycles. The van der Waals surface area contributed by atoms with Gasteiger partial charge in [-0.1, -0.05) is 18.9 Å². The number of aromatic carboxylic acids is 1. The van der Waals surface area contributed by atoms with E-state index in [9.17, 15) is 13.2 Å². The van der Waals surface area contributed by atoms with Gasteiger partial charge in [0.2, 0.25) is 10.0 Å². The van der Waals surface area contributed by atoms with Crippen LogP contribution in [0.2, 0.25) is 0 Å². The molecule has 0 amide bonds. The number of carboxylic acid groups (broad SMARTS) is 1. The molecular weight excluding hydrogens is 368 g/mol. The Hall–Kier alpha value is -2.16. The number of benzene rings is 1. The van der Waals surface area contributed by atoms with Crippen LogP contribution in [0, 0.1) is 0 Å². The normalized spacial score (nSPS) is 17.3. The maximum absolute atomic E-state index is 12.7. The third kappa shape index (κ3) is 4.97.